The lowest BCUT2D eigenvalue weighted by Crippen LogP contribution is -2.34. The quantitative estimate of drug-likeness (QED) is 0.585. The Morgan fingerprint density at radius 1 is 1.32 bits per heavy atom. The van der Waals surface area contributed by atoms with Crippen LogP contribution in [0, 0.1) is 0 Å². The number of carboxylic acid groups (broad SMARTS) is 1. The minimum absolute atomic E-state index is 0.507. The summed E-state index contributed by atoms with van der Waals surface area (Å²) in [4.78, 5) is 14.5. The summed E-state index contributed by atoms with van der Waals surface area (Å²) in [6.45, 7) is 8.36. The van der Waals surface area contributed by atoms with E-state index in [9.17, 15) is 9.90 Å². The number of carbonyl (C=O) groups is 1. The number of hydrogen-bond acceptors (Lipinski definition) is 3. The van der Waals surface area contributed by atoms with Gasteiger partial charge in [-0.15, -0.1) is 24.9 Å². The first-order valence-corrected chi connectivity index (χ1v) is 7.19. The molecule has 3 nitrogen and oxygen atoms in total. The zero-order chi connectivity index (χ0) is 14.3. The van der Waals surface area contributed by atoms with E-state index in [-0.39, 0.29) is 0 Å². The van der Waals surface area contributed by atoms with Gasteiger partial charge in [-0.2, -0.15) is 0 Å². The Balaban J connectivity index is 3.05. The highest BCUT2D eigenvalue weighted by Crippen LogP contribution is 2.24. The van der Waals surface area contributed by atoms with Gasteiger partial charge in [-0.1, -0.05) is 24.3 Å². The van der Waals surface area contributed by atoms with Gasteiger partial charge in [-0.05, 0) is 24.0 Å². The first-order chi connectivity index (χ1) is 9.13. The third-order valence-electron chi connectivity index (χ3n) is 2.76. The van der Waals surface area contributed by atoms with E-state index in [0.29, 0.717) is 13.1 Å². The van der Waals surface area contributed by atoms with E-state index in [2.05, 4.69) is 13.2 Å². The topological polar surface area (TPSA) is 40.5 Å². The Kier molecular flexibility index (Phi) is 6.39. The maximum absolute atomic E-state index is 11.5. The van der Waals surface area contributed by atoms with Crippen molar-refractivity contribution in [2.45, 2.75) is 10.9 Å². The maximum atomic E-state index is 11.5. The Labute approximate surface area is 118 Å². The van der Waals surface area contributed by atoms with Gasteiger partial charge in [0.05, 0.1) is 0 Å². The molecule has 1 N–H and O–H groups in total. The molecular weight excluding hydrogens is 258 g/mol. The lowest BCUT2D eigenvalue weighted by Gasteiger charge is -2.26. The van der Waals surface area contributed by atoms with Gasteiger partial charge in [-0.25, -0.2) is 0 Å². The first-order valence-electron chi connectivity index (χ1n) is 5.96. The van der Waals surface area contributed by atoms with Gasteiger partial charge in [0.25, 0.3) is 0 Å². The van der Waals surface area contributed by atoms with Crippen LogP contribution in [0.2, 0.25) is 0 Å². The van der Waals surface area contributed by atoms with Crippen molar-refractivity contribution in [3.05, 3.63) is 55.1 Å². The van der Waals surface area contributed by atoms with Crippen LogP contribution in [0.1, 0.15) is 11.6 Å². The molecule has 0 aliphatic carbocycles. The zero-order valence-corrected chi connectivity index (χ0v) is 11.9. The molecule has 0 amide bonds. The molecule has 1 atom stereocenters. The van der Waals surface area contributed by atoms with Crippen LogP contribution in [-0.4, -0.2) is 35.3 Å². The summed E-state index contributed by atoms with van der Waals surface area (Å²) in [7, 11) is 0. The highest BCUT2D eigenvalue weighted by atomic mass is 32.2. The molecule has 1 rings (SSSR count). The molecule has 0 saturated heterocycles. The van der Waals surface area contributed by atoms with Crippen molar-refractivity contribution >= 4 is 17.7 Å². The number of aliphatic carboxylic acids is 1. The lowest BCUT2D eigenvalue weighted by molar-refractivity contribution is -0.143. The number of thioether (sulfide) groups is 1. The van der Waals surface area contributed by atoms with Crippen LogP contribution in [0.3, 0.4) is 0 Å². The molecule has 0 aromatic heterocycles. The molecule has 0 saturated carbocycles. The molecule has 19 heavy (non-hydrogen) atoms. The van der Waals surface area contributed by atoms with Gasteiger partial charge >= 0.3 is 5.97 Å². The van der Waals surface area contributed by atoms with Gasteiger partial charge in [-0.3, -0.25) is 9.69 Å². The summed E-state index contributed by atoms with van der Waals surface area (Å²) in [5, 5.41) is 9.46. The Bertz CT molecular complexity index is 432. The van der Waals surface area contributed by atoms with Crippen molar-refractivity contribution in [1.29, 1.82) is 0 Å². The first kappa shape index (κ1) is 15.5. The van der Waals surface area contributed by atoms with Gasteiger partial charge in [0.15, 0.2) is 0 Å². The monoisotopic (exact) mass is 277 g/mol. The van der Waals surface area contributed by atoms with Crippen molar-refractivity contribution in [2.75, 3.05) is 19.3 Å². The van der Waals surface area contributed by atoms with Gasteiger partial charge in [0, 0.05) is 18.0 Å². The standard InChI is InChI=1S/C15H19NO2S/c1-4-10-16(11-5-2)14(15(17)18)12-6-8-13(19-3)9-7-12/h4-9,14H,1-2,10-11H2,3H3,(H,17,18). The summed E-state index contributed by atoms with van der Waals surface area (Å²) in [5.74, 6) is -0.861. The highest BCUT2D eigenvalue weighted by Gasteiger charge is 2.25. The van der Waals surface area contributed by atoms with Crippen LogP contribution in [0.25, 0.3) is 0 Å². The Morgan fingerprint density at radius 3 is 2.21 bits per heavy atom. The third-order valence-corrected chi connectivity index (χ3v) is 3.50. The lowest BCUT2D eigenvalue weighted by atomic mass is 10.1. The summed E-state index contributed by atoms with van der Waals surface area (Å²) < 4.78 is 0. The summed E-state index contributed by atoms with van der Waals surface area (Å²) >= 11 is 1.63. The van der Waals surface area contributed by atoms with E-state index in [4.69, 9.17) is 0 Å². The van der Waals surface area contributed by atoms with Crippen molar-refractivity contribution in [3.63, 3.8) is 0 Å². The summed E-state index contributed by atoms with van der Waals surface area (Å²) in [6, 6.07) is 6.94. The predicted octanol–water partition coefficient (Wildman–Crippen LogP) is 3.21. The minimum Gasteiger partial charge on any atom is -0.480 e. The van der Waals surface area contributed by atoms with E-state index in [0.717, 1.165) is 10.5 Å². The molecule has 0 spiro atoms. The second-order valence-electron chi connectivity index (χ2n) is 4.05. The van der Waals surface area contributed by atoms with Crippen molar-refractivity contribution < 1.29 is 9.90 Å². The van der Waals surface area contributed by atoms with Crippen LogP contribution >= 0.6 is 11.8 Å². The van der Waals surface area contributed by atoms with Crippen molar-refractivity contribution in [1.82, 2.24) is 4.90 Å². The summed E-state index contributed by atoms with van der Waals surface area (Å²) in [6.07, 6.45) is 5.40. The summed E-state index contributed by atoms with van der Waals surface area (Å²) in [5.41, 5.74) is 0.772. The molecule has 0 radical (unpaired) electrons. The Morgan fingerprint density at radius 2 is 1.84 bits per heavy atom. The molecule has 1 aromatic rings. The normalized spacial score (nSPS) is 12.1. The van der Waals surface area contributed by atoms with Crippen LogP contribution in [0.5, 0.6) is 0 Å². The van der Waals surface area contributed by atoms with Gasteiger partial charge in [0.2, 0.25) is 0 Å². The van der Waals surface area contributed by atoms with Crippen LogP contribution in [0.15, 0.2) is 54.5 Å². The molecule has 4 heteroatoms. The smallest absolute Gasteiger partial charge is 0.325 e. The van der Waals surface area contributed by atoms with Crippen LogP contribution in [-0.2, 0) is 4.79 Å². The second-order valence-corrected chi connectivity index (χ2v) is 4.92. The van der Waals surface area contributed by atoms with E-state index >= 15 is 0 Å². The minimum atomic E-state index is -0.861. The molecule has 102 valence electrons. The van der Waals surface area contributed by atoms with Crippen molar-refractivity contribution in [2.24, 2.45) is 0 Å². The number of benzene rings is 1. The fraction of sp³-hybridized carbons (Fsp3) is 0.267. The predicted molar refractivity (Wildman–Crippen MR) is 80.6 cm³/mol. The van der Waals surface area contributed by atoms with Crippen LogP contribution in [0.4, 0.5) is 0 Å². The van der Waals surface area contributed by atoms with Gasteiger partial charge < -0.3 is 5.11 Å². The molecule has 1 aromatic carbocycles. The zero-order valence-electron chi connectivity index (χ0n) is 11.1. The second kappa shape index (κ2) is 7.81. The molecule has 0 heterocycles. The molecule has 0 fully saturated rings. The Hall–Kier alpha value is -1.52. The molecule has 0 bridgehead atoms. The fourth-order valence-electron chi connectivity index (χ4n) is 1.91. The SMILES string of the molecule is C=CCN(CC=C)C(C(=O)O)c1ccc(SC)cc1. The van der Waals surface area contributed by atoms with E-state index in [1.807, 2.05) is 35.4 Å². The highest BCUT2D eigenvalue weighted by molar-refractivity contribution is 7.98. The maximum Gasteiger partial charge on any atom is 0.325 e. The molecule has 1 unspecified atom stereocenters. The van der Waals surface area contributed by atoms with E-state index < -0.39 is 12.0 Å². The number of hydrogen-bond donors (Lipinski definition) is 1. The van der Waals surface area contributed by atoms with E-state index in [1.54, 1.807) is 23.9 Å². The van der Waals surface area contributed by atoms with E-state index in [1.165, 1.54) is 0 Å². The largest absolute Gasteiger partial charge is 0.480 e. The number of nitrogens with zero attached hydrogens (tertiary/aromatic N) is 1. The molecule has 0 aliphatic rings. The molecule has 0 aliphatic heterocycles. The van der Waals surface area contributed by atoms with Crippen molar-refractivity contribution in [3.8, 4) is 0 Å². The average Bonchev–Trinajstić information content (AvgIpc) is 2.40. The van der Waals surface area contributed by atoms with Crippen LogP contribution < -0.4 is 0 Å². The number of carboxylic acids is 1. The number of rotatable bonds is 8. The third kappa shape index (κ3) is 4.26. The molecular formula is C15H19NO2S. The fourth-order valence-corrected chi connectivity index (χ4v) is 2.32. The average molecular weight is 277 g/mol. The van der Waals surface area contributed by atoms with Gasteiger partial charge in [0.1, 0.15) is 6.04 Å².